The normalized spacial score (nSPS) is 22.6. The zero-order chi connectivity index (χ0) is 12.4. The van der Waals surface area contributed by atoms with Gasteiger partial charge in [-0.05, 0) is 37.0 Å². The van der Waals surface area contributed by atoms with Crippen LogP contribution in [0.3, 0.4) is 0 Å². The molecule has 1 fully saturated rings. The molecule has 0 amide bonds. The Balaban J connectivity index is 1.97. The molecule has 0 N–H and O–H groups in total. The number of epoxide rings is 1. The van der Waals surface area contributed by atoms with Crippen molar-refractivity contribution in [3.63, 3.8) is 0 Å². The Morgan fingerprint density at radius 3 is 2.35 bits per heavy atom. The highest BCUT2D eigenvalue weighted by molar-refractivity contribution is 6.37. The molecule has 0 saturated carbocycles. The zero-order valence-corrected chi connectivity index (χ0v) is 11.5. The summed E-state index contributed by atoms with van der Waals surface area (Å²) in [5, 5.41) is 1.14. The van der Waals surface area contributed by atoms with Crippen LogP contribution in [0.15, 0.2) is 12.1 Å². The van der Waals surface area contributed by atoms with Crippen LogP contribution in [-0.2, 0) is 11.2 Å². The van der Waals surface area contributed by atoms with E-state index in [1.807, 2.05) is 12.1 Å². The summed E-state index contributed by atoms with van der Waals surface area (Å²) in [4.78, 5) is 0. The standard InChI is InChI=1S/C13H16Cl2O2/c1-3-11-12(17-11)5-4-8-6-9(14)13(16-2)10(15)7-8/h6-7,11-12H,3-5H2,1-2H3. The van der Waals surface area contributed by atoms with Crippen molar-refractivity contribution in [1.82, 2.24) is 0 Å². The van der Waals surface area contributed by atoms with Crippen molar-refractivity contribution in [2.75, 3.05) is 7.11 Å². The fraction of sp³-hybridized carbons (Fsp3) is 0.538. The minimum atomic E-state index is 0.416. The number of hydrogen-bond donors (Lipinski definition) is 0. The third-order valence-corrected chi connectivity index (χ3v) is 3.63. The van der Waals surface area contributed by atoms with Crippen LogP contribution in [0.4, 0.5) is 0 Å². The second-order valence-corrected chi connectivity index (χ2v) is 5.07. The lowest BCUT2D eigenvalue weighted by atomic mass is 10.1. The molecule has 0 bridgehead atoms. The van der Waals surface area contributed by atoms with Crippen LogP contribution < -0.4 is 4.74 Å². The van der Waals surface area contributed by atoms with Gasteiger partial charge in [-0.2, -0.15) is 0 Å². The largest absolute Gasteiger partial charge is 0.494 e. The topological polar surface area (TPSA) is 21.8 Å². The Labute approximate surface area is 112 Å². The van der Waals surface area contributed by atoms with Crippen molar-refractivity contribution in [2.24, 2.45) is 0 Å². The molecular weight excluding hydrogens is 259 g/mol. The first-order valence-electron chi connectivity index (χ1n) is 5.83. The fourth-order valence-corrected chi connectivity index (χ4v) is 2.74. The van der Waals surface area contributed by atoms with E-state index in [4.69, 9.17) is 32.7 Å². The summed E-state index contributed by atoms with van der Waals surface area (Å²) >= 11 is 12.2. The summed E-state index contributed by atoms with van der Waals surface area (Å²) in [6.07, 6.45) is 3.93. The lowest BCUT2D eigenvalue weighted by Gasteiger charge is -2.08. The molecule has 4 heteroatoms. The van der Waals surface area contributed by atoms with Crippen LogP contribution >= 0.6 is 23.2 Å². The monoisotopic (exact) mass is 274 g/mol. The number of hydrogen-bond acceptors (Lipinski definition) is 2. The molecule has 1 saturated heterocycles. The molecule has 17 heavy (non-hydrogen) atoms. The molecule has 2 rings (SSSR count). The van der Waals surface area contributed by atoms with Crippen LogP contribution in [0.5, 0.6) is 5.75 Å². The quantitative estimate of drug-likeness (QED) is 0.754. The molecule has 0 aliphatic carbocycles. The predicted octanol–water partition coefficient (Wildman–Crippen LogP) is 4.11. The first-order chi connectivity index (χ1) is 8.15. The van der Waals surface area contributed by atoms with E-state index in [9.17, 15) is 0 Å². The number of methoxy groups -OCH3 is 1. The van der Waals surface area contributed by atoms with Crippen LogP contribution in [0.25, 0.3) is 0 Å². The molecule has 1 aromatic rings. The summed E-state index contributed by atoms with van der Waals surface area (Å²) in [7, 11) is 1.57. The van der Waals surface area contributed by atoms with Gasteiger partial charge in [-0.3, -0.25) is 0 Å². The number of rotatable bonds is 5. The molecule has 1 aromatic carbocycles. The predicted molar refractivity (Wildman–Crippen MR) is 70.3 cm³/mol. The highest BCUT2D eigenvalue weighted by Crippen LogP contribution is 2.35. The Morgan fingerprint density at radius 2 is 1.88 bits per heavy atom. The second-order valence-electron chi connectivity index (χ2n) is 4.25. The van der Waals surface area contributed by atoms with Crippen molar-refractivity contribution in [1.29, 1.82) is 0 Å². The third kappa shape index (κ3) is 3.06. The molecule has 2 atom stereocenters. The van der Waals surface area contributed by atoms with E-state index in [-0.39, 0.29) is 0 Å². The van der Waals surface area contributed by atoms with Crippen LogP contribution in [0, 0.1) is 0 Å². The maximum absolute atomic E-state index is 6.08. The lowest BCUT2D eigenvalue weighted by molar-refractivity contribution is 0.359. The zero-order valence-electron chi connectivity index (χ0n) is 10.0. The molecule has 1 aliphatic rings. The van der Waals surface area contributed by atoms with Gasteiger partial charge in [-0.1, -0.05) is 30.1 Å². The summed E-state index contributed by atoms with van der Waals surface area (Å²) in [5.41, 5.74) is 1.13. The van der Waals surface area contributed by atoms with Gasteiger partial charge < -0.3 is 9.47 Å². The van der Waals surface area contributed by atoms with Crippen molar-refractivity contribution < 1.29 is 9.47 Å². The highest BCUT2D eigenvalue weighted by atomic mass is 35.5. The Morgan fingerprint density at radius 1 is 1.24 bits per heavy atom. The smallest absolute Gasteiger partial charge is 0.156 e. The van der Waals surface area contributed by atoms with E-state index in [0.717, 1.165) is 24.8 Å². The maximum atomic E-state index is 6.08. The van der Waals surface area contributed by atoms with Crippen molar-refractivity contribution >= 4 is 23.2 Å². The Hall–Kier alpha value is -0.440. The lowest BCUT2D eigenvalue weighted by Crippen LogP contribution is -1.96. The van der Waals surface area contributed by atoms with Gasteiger partial charge in [0.1, 0.15) is 0 Å². The minimum absolute atomic E-state index is 0.416. The molecule has 0 aromatic heterocycles. The molecule has 94 valence electrons. The second kappa shape index (κ2) is 5.47. The number of benzene rings is 1. The molecule has 2 unspecified atom stereocenters. The maximum Gasteiger partial charge on any atom is 0.156 e. The SMILES string of the molecule is CCC1OC1CCc1cc(Cl)c(OC)c(Cl)c1. The summed E-state index contributed by atoms with van der Waals surface area (Å²) in [5.74, 6) is 0.547. The first kappa shape index (κ1) is 13.0. The van der Waals surface area contributed by atoms with E-state index in [0.29, 0.717) is 28.0 Å². The molecular formula is C13H16Cl2O2. The third-order valence-electron chi connectivity index (χ3n) is 3.07. The average molecular weight is 275 g/mol. The summed E-state index contributed by atoms with van der Waals surface area (Å²) in [6.45, 7) is 2.14. The Kier molecular flexibility index (Phi) is 4.18. The van der Waals surface area contributed by atoms with E-state index >= 15 is 0 Å². The number of aryl methyl sites for hydroxylation is 1. The van der Waals surface area contributed by atoms with Gasteiger partial charge in [-0.15, -0.1) is 0 Å². The van der Waals surface area contributed by atoms with E-state index in [1.54, 1.807) is 7.11 Å². The van der Waals surface area contributed by atoms with Crippen molar-refractivity contribution in [3.05, 3.63) is 27.7 Å². The molecule has 0 spiro atoms. The van der Waals surface area contributed by atoms with Gasteiger partial charge in [0.2, 0.25) is 0 Å². The fourth-order valence-electron chi connectivity index (χ4n) is 2.05. The van der Waals surface area contributed by atoms with Gasteiger partial charge in [0, 0.05) is 0 Å². The molecule has 1 aliphatic heterocycles. The van der Waals surface area contributed by atoms with Gasteiger partial charge in [0.15, 0.2) is 5.75 Å². The van der Waals surface area contributed by atoms with Crippen LogP contribution in [0.1, 0.15) is 25.3 Å². The number of ether oxygens (including phenoxy) is 2. The van der Waals surface area contributed by atoms with Crippen LogP contribution in [-0.4, -0.2) is 19.3 Å². The highest BCUT2D eigenvalue weighted by Gasteiger charge is 2.36. The van der Waals surface area contributed by atoms with E-state index in [2.05, 4.69) is 6.92 Å². The molecule has 2 nitrogen and oxygen atoms in total. The van der Waals surface area contributed by atoms with Crippen LogP contribution in [0.2, 0.25) is 10.0 Å². The molecule has 1 heterocycles. The average Bonchev–Trinajstić information content (AvgIpc) is 3.04. The summed E-state index contributed by atoms with van der Waals surface area (Å²) in [6, 6.07) is 3.82. The van der Waals surface area contributed by atoms with Crippen molar-refractivity contribution in [3.8, 4) is 5.75 Å². The number of halogens is 2. The van der Waals surface area contributed by atoms with Gasteiger partial charge in [0.05, 0.1) is 29.4 Å². The first-order valence-corrected chi connectivity index (χ1v) is 6.58. The van der Waals surface area contributed by atoms with Gasteiger partial charge in [-0.25, -0.2) is 0 Å². The van der Waals surface area contributed by atoms with Gasteiger partial charge in [0.25, 0.3) is 0 Å². The van der Waals surface area contributed by atoms with E-state index in [1.165, 1.54) is 0 Å². The van der Waals surface area contributed by atoms with Gasteiger partial charge >= 0.3 is 0 Å². The minimum Gasteiger partial charge on any atom is -0.494 e. The van der Waals surface area contributed by atoms with E-state index < -0.39 is 0 Å². The van der Waals surface area contributed by atoms with Crippen molar-refractivity contribution in [2.45, 2.75) is 38.4 Å². The summed E-state index contributed by atoms with van der Waals surface area (Å²) < 4.78 is 10.6. The Bertz CT molecular complexity index is 383. The molecule has 0 radical (unpaired) electrons.